The Morgan fingerprint density at radius 3 is 2.76 bits per heavy atom. The Balaban J connectivity index is 1.34. The van der Waals surface area contributed by atoms with Gasteiger partial charge in [-0.3, -0.25) is 4.98 Å². The molecule has 1 fully saturated rings. The minimum Gasteiger partial charge on any atom is -0.371 e. The lowest BCUT2D eigenvalue weighted by atomic mass is 9.93. The van der Waals surface area contributed by atoms with Gasteiger partial charge in [-0.1, -0.05) is 0 Å². The third-order valence-electron chi connectivity index (χ3n) is 4.16. The highest BCUT2D eigenvalue weighted by atomic mass is 32.1. The summed E-state index contributed by atoms with van der Waals surface area (Å²) in [6.07, 6.45) is 7.61. The van der Waals surface area contributed by atoms with Crippen LogP contribution in [0.15, 0.2) is 35.4 Å². The summed E-state index contributed by atoms with van der Waals surface area (Å²) >= 11 is 1.66. The molecule has 1 aliphatic heterocycles. The molecule has 1 aliphatic rings. The Bertz CT molecular complexity index is 506. The molecule has 1 N–H and O–H groups in total. The molecule has 3 rings (SSSR count). The van der Waals surface area contributed by atoms with Gasteiger partial charge in [0.05, 0.1) is 11.2 Å². The van der Waals surface area contributed by atoms with Crippen LogP contribution in [0.4, 0.5) is 5.69 Å². The van der Waals surface area contributed by atoms with Crippen molar-refractivity contribution in [3.63, 3.8) is 0 Å². The number of piperidine rings is 1. The van der Waals surface area contributed by atoms with E-state index >= 15 is 0 Å². The SMILES string of the molecule is c1cc(N2CCC(CCNCc3cscn3)CC2)ccn1. The maximum absolute atomic E-state index is 4.29. The van der Waals surface area contributed by atoms with Crippen molar-refractivity contribution in [3.05, 3.63) is 41.1 Å². The van der Waals surface area contributed by atoms with Crippen LogP contribution in [0.3, 0.4) is 0 Å². The number of nitrogens with zero attached hydrogens (tertiary/aromatic N) is 3. The predicted octanol–water partition coefficient (Wildman–Crippen LogP) is 2.93. The Hall–Kier alpha value is -1.46. The first kappa shape index (κ1) is 14.5. The molecule has 0 aliphatic carbocycles. The number of anilines is 1. The lowest BCUT2D eigenvalue weighted by molar-refractivity contribution is 0.373. The summed E-state index contributed by atoms with van der Waals surface area (Å²) in [5.74, 6) is 0.853. The summed E-state index contributed by atoms with van der Waals surface area (Å²) in [6.45, 7) is 4.33. The zero-order chi connectivity index (χ0) is 14.3. The van der Waals surface area contributed by atoms with Crippen molar-refractivity contribution in [3.8, 4) is 0 Å². The van der Waals surface area contributed by atoms with Crippen molar-refractivity contribution < 1.29 is 0 Å². The average Bonchev–Trinajstić information content (AvgIpc) is 3.06. The van der Waals surface area contributed by atoms with Gasteiger partial charge in [0, 0.05) is 43.1 Å². The first-order valence-electron chi connectivity index (χ1n) is 7.64. The quantitative estimate of drug-likeness (QED) is 0.833. The van der Waals surface area contributed by atoms with E-state index in [0.717, 1.165) is 24.7 Å². The molecular weight excluding hydrogens is 280 g/mol. The Kier molecular flexibility index (Phi) is 5.18. The minimum absolute atomic E-state index is 0.853. The van der Waals surface area contributed by atoms with E-state index in [1.54, 1.807) is 11.3 Å². The second-order valence-electron chi connectivity index (χ2n) is 5.58. The van der Waals surface area contributed by atoms with E-state index in [1.165, 1.54) is 38.0 Å². The Labute approximate surface area is 130 Å². The van der Waals surface area contributed by atoms with Gasteiger partial charge in [-0.05, 0) is 43.9 Å². The number of thiazole rings is 1. The molecule has 5 heteroatoms. The van der Waals surface area contributed by atoms with Crippen LogP contribution >= 0.6 is 11.3 Å². The fourth-order valence-corrected chi connectivity index (χ4v) is 3.44. The molecule has 0 atom stereocenters. The van der Waals surface area contributed by atoms with E-state index in [-0.39, 0.29) is 0 Å². The summed E-state index contributed by atoms with van der Waals surface area (Å²) < 4.78 is 0. The number of rotatable bonds is 6. The fourth-order valence-electron chi connectivity index (χ4n) is 2.88. The van der Waals surface area contributed by atoms with Gasteiger partial charge in [-0.15, -0.1) is 11.3 Å². The third-order valence-corrected chi connectivity index (χ3v) is 4.80. The maximum Gasteiger partial charge on any atom is 0.0795 e. The van der Waals surface area contributed by atoms with E-state index in [9.17, 15) is 0 Å². The summed E-state index contributed by atoms with van der Waals surface area (Å²) in [6, 6.07) is 4.21. The molecule has 0 amide bonds. The van der Waals surface area contributed by atoms with Crippen LogP contribution in [0.2, 0.25) is 0 Å². The van der Waals surface area contributed by atoms with Crippen LogP contribution in [0, 0.1) is 5.92 Å². The van der Waals surface area contributed by atoms with Gasteiger partial charge in [0.15, 0.2) is 0 Å². The smallest absolute Gasteiger partial charge is 0.0795 e. The van der Waals surface area contributed by atoms with Crippen LogP contribution < -0.4 is 10.2 Å². The molecule has 21 heavy (non-hydrogen) atoms. The lowest BCUT2D eigenvalue weighted by Gasteiger charge is -2.33. The van der Waals surface area contributed by atoms with E-state index in [0.29, 0.717) is 0 Å². The van der Waals surface area contributed by atoms with Crippen LogP contribution in [0.25, 0.3) is 0 Å². The van der Waals surface area contributed by atoms with Crippen molar-refractivity contribution in [1.29, 1.82) is 0 Å². The van der Waals surface area contributed by atoms with Crippen LogP contribution in [-0.2, 0) is 6.54 Å². The second kappa shape index (κ2) is 7.52. The van der Waals surface area contributed by atoms with E-state index in [4.69, 9.17) is 0 Å². The minimum atomic E-state index is 0.853. The Morgan fingerprint density at radius 2 is 2.05 bits per heavy atom. The third kappa shape index (κ3) is 4.25. The molecule has 0 unspecified atom stereocenters. The molecule has 0 aromatic carbocycles. The first-order chi connectivity index (χ1) is 10.4. The highest BCUT2D eigenvalue weighted by Crippen LogP contribution is 2.24. The Morgan fingerprint density at radius 1 is 1.24 bits per heavy atom. The second-order valence-corrected chi connectivity index (χ2v) is 6.30. The van der Waals surface area contributed by atoms with Crippen molar-refractivity contribution in [2.45, 2.75) is 25.8 Å². The molecular formula is C16H22N4S. The van der Waals surface area contributed by atoms with Crippen LogP contribution in [0.5, 0.6) is 0 Å². The molecule has 0 bridgehead atoms. The van der Waals surface area contributed by atoms with Crippen molar-refractivity contribution in [1.82, 2.24) is 15.3 Å². The predicted molar refractivity (Wildman–Crippen MR) is 87.6 cm³/mol. The van der Waals surface area contributed by atoms with Crippen LogP contribution in [-0.4, -0.2) is 29.6 Å². The number of hydrogen-bond donors (Lipinski definition) is 1. The molecule has 0 radical (unpaired) electrons. The summed E-state index contributed by atoms with van der Waals surface area (Å²) in [5.41, 5.74) is 4.36. The van der Waals surface area contributed by atoms with Crippen molar-refractivity contribution in [2.75, 3.05) is 24.5 Å². The van der Waals surface area contributed by atoms with Crippen molar-refractivity contribution in [2.24, 2.45) is 5.92 Å². The van der Waals surface area contributed by atoms with Gasteiger partial charge in [-0.2, -0.15) is 0 Å². The number of pyridine rings is 1. The summed E-state index contributed by atoms with van der Waals surface area (Å²) in [7, 11) is 0. The summed E-state index contributed by atoms with van der Waals surface area (Å²) in [4.78, 5) is 10.8. The standard InChI is InChI=1S/C16H22N4S/c1(6-18-11-15-12-21-13-19-15)14-4-9-20(10-5-14)16-2-7-17-8-3-16/h2-3,7-8,12-14,18H,1,4-6,9-11H2. The van der Waals surface area contributed by atoms with Gasteiger partial charge in [-0.25, -0.2) is 4.98 Å². The highest BCUT2D eigenvalue weighted by molar-refractivity contribution is 7.07. The van der Waals surface area contributed by atoms with Gasteiger partial charge in [0.25, 0.3) is 0 Å². The van der Waals surface area contributed by atoms with Gasteiger partial charge in [0.1, 0.15) is 0 Å². The molecule has 0 saturated carbocycles. The van der Waals surface area contributed by atoms with Gasteiger partial charge in [0.2, 0.25) is 0 Å². The number of aromatic nitrogens is 2. The number of hydrogen-bond acceptors (Lipinski definition) is 5. The zero-order valence-corrected chi connectivity index (χ0v) is 13.1. The molecule has 4 nitrogen and oxygen atoms in total. The average molecular weight is 302 g/mol. The monoisotopic (exact) mass is 302 g/mol. The summed E-state index contributed by atoms with van der Waals surface area (Å²) in [5, 5.41) is 5.61. The van der Waals surface area contributed by atoms with E-state index in [2.05, 4.69) is 37.7 Å². The molecule has 1 saturated heterocycles. The van der Waals surface area contributed by atoms with Gasteiger partial charge >= 0.3 is 0 Å². The molecule has 0 spiro atoms. The maximum atomic E-state index is 4.29. The highest BCUT2D eigenvalue weighted by Gasteiger charge is 2.18. The lowest BCUT2D eigenvalue weighted by Crippen LogP contribution is -2.34. The zero-order valence-electron chi connectivity index (χ0n) is 12.2. The molecule has 3 heterocycles. The van der Waals surface area contributed by atoms with E-state index in [1.807, 2.05) is 17.9 Å². The topological polar surface area (TPSA) is 41.0 Å². The largest absolute Gasteiger partial charge is 0.371 e. The normalized spacial score (nSPS) is 16.3. The van der Waals surface area contributed by atoms with Gasteiger partial charge < -0.3 is 10.2 Å². The molecule has 2 aromatic heterocycles. The molecule has 2 aromatic rings. The fraction of sp³-hybridized carbons (Fsp3) is 0.500. The first-order valence-corrected chi connectivity index (χ1v) is 8.59. The molecule has 112 valence electrons. The van der Waals surface area contributed by atoms with Crippen LogP contribution in [0.1, 0.15) is 25.0 Å². The van der Waals surface area contributed by atoms with Crippen molar-refractivity contribution >= 4 is 17.0 Å². The number of nitrogens with one attached hydrogen (secondary N) is 1. The van der Waals surface area contributed by atoms with E-state index < -0.39 is 0 Å².